The normalized spacial score (nSPS) is 24.3. The fourth-order valence-corrected chi connectivity index (χ4v) is 4.70. The molecule has 2 aromatic rings. The number of carbonyl (C=O) groups excluding carboxylic acids is 1. The van der Waals surface area contributed by atoms with E-state index in [-0.39, 0.29) is 12.0 Å². The minimum absolute atomic E-state index is 0.000287. The number of carbonyl (C=O) groups is 1. The van der Waals surface area contributed by atoms with E-state index in [0.29, 0.717) is 12.1 Å². The van der Waals surface area contributed by atoms with E-state index in [2.05, 4.69) is 53.5 Å². The molecule has 1 fully saturated rings. The monoisotopic (exact) mass is 393 g/mol. The van der Waals surface area contributed by atoms with Gasteiger partial charge in [0.15, 0.2) is 0 Å². The lowest BCUT2D eigenvalue weighted by atomic mass is 10.0. The third-order valence-electron chi connectivity index (χ3n) is 6.18. The van der Waals surface area contributed by atoms with Gasteiger partial charge in [-0.2, -0.15) is 0 Å². The van der Waals surface area contributed by atoms with Crippen LogP contribution in [0.5, 0.6) is 5.75 Å². The predicted octanol–water partition coefficient (Wildman–Crippen LogP) is 3.72. The molecule has 0 saturated carbocycles. The van der Waals surface area contributed by atoms with Gasteiger partial charge in [0, 0.05) is 31.3 Å². The highest BCUT2D eigenvalue weighted by Crippen LogP contribution is 2.39. The molecule has 1 amide bonds. The first kappa shape index (κ1) is 19.9. The second-order valence-corrected chi connectivity index (χ2v) is 8.47. The molecular weight excluding hydrogens is 362 g/mol. The number of benzene rings is 2. The minimum Gasteiger partial charge on any atom is -0.484 e. The van der Waals surface area contributed by atoms with Crippen LogP contribution >= 0.6 is 0 Å². The van der Waals surface area contributed by atoms with Crippen LogP contribution in [0.25, 0.3) is 0 Å². The van der Waals surface area contributed by atoms with E-state index in [0.717, 1.165) is 30.9 Å². The Hall–Kier alpha value is -2.37. The molecule has 2 aliphatic rings. The van der Waals surface area contributed by atoms with Crippen molar-refractivity contribution in [1.29, 1.82) is 0 Å². The van der Waals surface area contributed by atoms with Crippen molar-refractivity contribution in [2.24, 2.45) is 0 Å². The standard InChI is InChI=1S/C24H31N3O2/c1-17(28)25-19-9-6-11-21(15-19)29-24-22-12-5-4-8-18(22)14-23(24)27-13-7-10-20(16-27)26(2)3/h4-6,8-9,11-12,15,20,23-24H,7,10,13-14,16H2,1-3H3,(H,25,28)/t20?,23-,24-/m0/s1. The molecule has 0 bridgehead atoms. The van der Waals surface area contributed by atoms with Gasteiger partial charge in [-0.3, -0.25) is 9.69 Å². The number of hydrogen-bond donors (Lipinski definition) is 1. The van der Waals surface area contributed by atoms with Crippen LogP contribution in [0.2, 0.25) is 0 Å². The third-order valence-corrected chi connectivity index (χ3v) is 6.18. The van der Waals surface area contributed by atoms with Crippen LogP contribution in [0.1, 0.15) is 37.0 Å². The molecular formula is C24H31N3O2. The van der Waals surface area contributed by atoms with Crippen LogP contribution in [0.15, 0.2) is 48.5 Å². The van der Waals surface area contributed by atoms with Crippen LogP contribution in [-0.2, 0) is 11.2 Å². The summed E-state index contributed by atoms with van der Waals surface area (Å²) in [6.45, 7) is 3.72. The zero-order valence-corrected chi connectivity index (χ0v) is 17.6. The molecule has 29 heavy (non-hydrogen) atoms. The van der Waals surface area contributed by atoms with E-state index in [4.69, 9.17) is 4.74 Å². The molecule has 0 radical (unpaired) electrons. The third kappa shape index (κ3) is 4.46. The Balaban J connectivity index is 1.59. The summed E-state index contributed by atoms with van der Waals surface area (Å²) in [4.78, 5) is 16.4. The smallest absolute Gasteiger partial charge is 0.221 e. The molecule has 1 heterocycles. The van der Waals surface area contributed by atoms with E-state index in [1.807, 2.05) is 24.3 Å². The Bertz CT molecular complexity index is 867. The van der Waals surface area contributed by atoms with Gasteiger partial charge in [0.25, 0.3) is 0 Å². The average Bonchev–Trinajstić information content (AvgIpc) is 3.06. The molecule has 4 rings (SSSR count). The second-order valence-electron chi connectivity index (χ2n) is 8.47. The van der Waals surface area contributed by atoms with Gasteiger partial charge in [0.05, 0.1) is 6.04 Å². The van der Waals surface area contributed by atoms with E-state index < -0.39 is 0 Å². The highest BCUT2D eigenvalue weighted by Gasteiger charge is 2.39. The molecule has 1 unspecified atom stereocenters. The molecule has 2 aromatic carbocycles. The largest absolute Gasteiger partial charge is 0.484 e. The summed E-state index contributed by atoms with van der Waals surface area (Å²) in [6.07, 6.45) is 3.50. The zero-order chi connectivity index (χ0) is 20.4. The maximum Gasteiger partial charge on any atom is 0.221 e. The number of fused-ring (bicyclic) bond motifs is 1. The molecule has 0 aromatic heterocycles. The highest BCUT2D eigenvalue weighted by atomic mass is 16.5. The van der Waals surface area contributed by atoms with Crippen molar-refractivity contribution in [3.05, 3.63) is 59.7 Å². The van der Waals surface area contributed by atoms with Crippen molar-refractivity contribution in [3.63, 3.8) is 0 Å². The summed E-state index contributed by atoms with van der Waals surface area (Å²) in [5.41, 5.74) is 3.44. The SMILES string of the molecule is CC(=O)Nc1cccc(O[C@H]2c3ccccc3C[C@@H]2N2CCCC(N(C)C)C2)c1. The zero-order valence-electron chi connectivity index (χ0n) is 17.6. The molecule has 3 atom stereocenters. The van der Waals surface area contributed by atoms with E-state index in [1.165, 1.54) is 30.9 Å². The van der Waals surface area contributed by atoms with E-state index in [9.17, 15) is 4.79 Å². The Labute approximate surface area is 173 Å². The first-order chi connectivity index (χ1) is 14.0. The Morgan fingerprint density at radius 3 is 2.79 bits per heavy atom. The van der Waals surface area contributed by atoms with Crippen LogP contribution in [0.3, 0.4) is 0 Å². The van der Waals surface area contributed by atoms with E-state index in [1.54, 1.807) is 0 Å². The number of likely N-dealkylation sites (N-methyl/N-ethyl adjacent to an activating group) is 1. The number of hydrogen-bond acceptors (Lipinski definition) is 4. The summed E-state index contributed by atoms with van der Waals surface area (Å²) in [7, 11) is 4.36. The second kappa shape index (κ2) is 8.56. The van der Waals surface area contributed by atoms with Gasteiger partial charge in [-0.05, 0) is 63.2 Å². The van der Waals surface area contributed by atoms with Gasteiger partial charge in [0.1, 0.15) is 11.9 Å². The van der Waals surface area contributed by atoms with Gasteiger partial charge >= 0.3 is 0 Å². The van der Waals surface area contributed by atoms with Crippen molar-refractivity contribution in [2.45, 2.75) is 44.4 Å². The number of amides is 1. The van der Waals surface area contributed by atoms with Gasteiger partial charge < -0.3 is 15.0 Å². The number of nitrogens with zero attached hydrogens (tertiary/aromatic N) is 2. The van der Waals surface area contributed by atoms with Gasteiger partial charge in [-0.25, -0.2) is 0 Å². The summed E-state index contributed by atoms with van der Waals surface area (Å²) >= 11 is 0. The van der Waals surface area contributed by atoms with Crippen molar-refractivity contribution in [2.75, 3.05) is 32.5 Å². The lowest BCUT2D eigenvalue weighted by Crippen LogP contribution is -2.51. The van der Waals surface area contributed by atoms with Crippen molar-refractivity contribution >= 4 is 11.6 Å². The summed E-state index contributed by atoms with van der Waals surface area (Å²) in [5.74, 6) is 0.721. The Morgan fingerprint density at radius 1 is 1.17 bits per heavy atom. The average molecular weight is 394 g/mol. The Morgan fingerprint density at radius 2 is 2.00 bits per heavy atom. The van der Waals surface area contributed by atoms with Crippen LogP contribution in [0, 0.1) is 0 Å². The van der Waals surface area contributed by atoms with Crippen LogP contribution in [-0.4, -0.2) is 55.0 Å². The number of rotatable bonds is 5. The fraction of sp³-hybridized carbons (Fsp3) is 0.458. The maximum absolute atomic E-state index is 11.4. The Kier molecular flexibility index (Phi) is 5.88. The molecule has 154 valence electrons. The number of likely N-dealkylation sites (tertiary alicyclic amines) is 1. The lowest BCUT2D eigenvalue weighted by Gasteiger charge is -2.41. The van der Waals surface area contributed by atoms with Crippen molar-refractivity contribution in [1.82, 2.24) is 9.80 Å². The molecule has 1 N–H and O–H groups in total. The van der Waals surface area contributed by atoms with Crippen LogP contribution < -0.4 is 10.1 Å². The van der Waals surface area contributed by atoms with Gasteiger partial charge in [-0.1, -0.05) is 30.3 Å². The van der Waals surface area contributed by atoms with Crippen LogP contribution in [0.4, 0.5) is 5.69 Å². The molecule has 1 aliphatic carbocycles. The lowest BCUT2D eigenvalue weighted by molar-refractivity contribution is -0.114. The predicted molar refractivity (Wildman–Crippen MR) is 116 cm³/mol. The van der Waals surface area contributed by atoms with Crippen molar-refractivity contribution < 1.29 is 9.53 Å². The minimum atomic E-state index is -0.0747. The topological polar surface area (TPSA) is 44.8 Å². The molecule has 5 heteroatoms. The quantitative estimate of drug-likeness (QED) is 0.841. The molecule has 1 aliphatic heterocycles. The molecule has 0 spiro atoms. The van der Waals surface area contributed by atoms with Crippen molar-refractivity contribution in [3.8, 4) is 5.75 Å². The van der Waals surface area contributed by atoms with Gasteiger partial charge in [0.2, 0.25) is 5.91 Å². The number of ether oxygens (including phenoxy) is 1. The fourth-order valence-electron chi connectivity index (χ4n) is 4.70. The number of nitrogens with one attached hydrogen (secondary N) is 1. The molecule has 5 nitrogen and oxygen atoms in total. The number of piperidine rings is 1. The highest BCUT2D eigenvalue weighted by molar-refractivity contribution is 5.88. The summed E-state index contributed by atoms with van der Waals surface area (Å²) in [5, 5.41) is 2.85. The molecule has 1 saturated heterocycles. The maximum atomic E-state index is 11.4. The number of anilines is 1. The van der Waals surface area contributed by atoms with E-state index >= 15 is 0 Å². The first-order valence-corrected chi connectivity index (χ1v) is 10.5. The van der Waals surface area contributed by atoms with Gasteiger partial charge in [-0.15, -0.1) is 0 Å². The summed E-state index contributed by atoms with van der Waals surface area (Å²) in [6, 6.07) is 17.3. The summed E-state index contributed by atoms with van der Waals surface area (Å²) < 4.78 is 6.58. The first-order valence-electron chi connectivity index (χ1n) is 10.5.